The first-order valence-electron chi connectivity index (χ1n) is 8.87. The van der Waals surface area contributed by atoms with Crippen molar-refractivity contribution < 1.29 is 9.90 Å². The predicted molar refractivity (Wildman–Crippen MR) is 116 cm³/mol. The second-order valence-electron chi connectivity index (χ2n) is 6.17. The fourth-order valence-corrected chi connectivity index (χ4v) is 2.99. The highest BCUT2D eigenvalue weighted by Gasteiger charge is 2.13. The Kier molecular flexibility index (Phi) is 9.07. The summed E-state index contributed by atoms with van der Waals surface area (Å²) in [5.74, 6) is 0.842. The van der Waals surface area contributed by atoms with Gasteiger partial charge in [-0.2, -0.15) is 5.10 Å². The van der Waals surface area contributed by atoms with Gasteiger partial charge in [0, 0.05) is 30.5 Å². The third-order valence-electron chi connectivity index (χ3n) is 4.08. The van der Waals surface area contributed by atoms with Crippen molar-refractivity contribution in [3.63, 3.8) is 0 Å². The molecule has 0 aliphatic rings. The molecule has 0 aliphatic heterocycles. The van der Waals surface area contributed by atoms with Crippen LogP contribution >= 0.6 is 23.2 Å². The van der Waals surface area contributed by atoms with E-state index >= 15 is 0 Å². The molecule has 0 aromatic heterocycles. The van der Waals surface area contributed by atoms with Crippen LogP contribution in [0.1, 0.15) is 11.1 Å². The Morgan fingerprint density at radius 1 is 1.11 bits per heavy atom. The summed E-state index contributed by atoms with van der Waals surface area (Å²) < 4.78 is 0. The zero-order chi connectivity index (χ0) is 20.4. The molecule has 0 aliphatic carbocycles. The average molecular weight is 423 g/mol. The lowest BCUT2D eigenvalue weighted by atomic mass is 10.1. The molecule has 150 valence electrons. The first-order valence-corrected chi connectivity index (χ1v) is 9.93. The standard InChI is InChI=1S/C20H24Cl2N4O2/c21-9-11-26(12-10-22)17-5-1-16(2-6-17)14-24-25-20(28)19(23)13-15-3-7-18(27)8-4-15/h1-8,14,19,27H,9-13,23H2,(H,25,28). The third-order valence-corrected chi connectivity index (χ3v) is 4.42. The Labute approximate surface area is 174 Å². The number of benzene rings is 2. The van der Waals surface area contributed by atoms with E-state index in [0.29, 0.717) is 18.2 Å². The second-order valence-corrected chi connectivity index (χ2v) is 6.92. The number of hydrazone groups is 1. The number of halogens is 2. The highest BCUT2D eigenvalue weighted by molar-refractivity contribution is 6.18. The summed E-state index contributed by atoms with van der Waals surface area (Å²) in [6.45, 7) is 1.44. The summed E-state index contributed by atoms with van der Waals surface area (Å²) in [6, 6.07) is 13.6. The normalized spacial score (nSPS) is 12.1. The largest absolute Gasteiger partial charge is 0.508 e. The maximum Gasteiger partial charge on any atom is 0.257 e. The topological polar surface area (TPSA) is 90.9 Å². The minimum Gasteiger partial charge on any atom is -0.508 e. The summed E-state index contributed by atoms with van der Waals surface area (Å²) in [4.78, 5) is 14.2. The van der Waals surface area contributed by atoms with E-state index in [0.717, 1.165) is 29.9 Å². The molecule has 4 N–H and O–H groups in total. The van der Waals surface area contributed by atoms with Gasteiger partial charge in [0.2, 0.25) is 0 Å². The molecular formula is C20H24Cl2N4O2. The first kappa shape index (κ1) is 22.0. The summed E-state index contributed by atoms with van der Waals surface area (Å²) >= 11 is 11.7. The molecule has 6 nitrogen and oxygen atoms in total. The van der Waals surface area contributed by atoms with Crippen LogP contribution in [0.3, 0.4) is 0 Å². The van der Waals surface area contributed by atoms with Gasteiger partial charge < -0.3 is 15.7 Å². The zero-order valence-corrected chi connectivity index (χ0v) is 16.9. The quantitative estimate of drug-likeness (QED) is 0.311. The second kappa shape index (κ2) is 11.5. The summed E-state index contributed by atoms with van der Waals surface area (Å²) in [7, 11) is 0. The maximum atomic E-state index is 12.1. The van der Waals surface area contributed by atoms with Crippen molar-refractivity contribution in [3.8, 4) is 5.75 Å². The molecule has 2 rings (SSSR count). The molecule has 28 heavy (non-hydrogen) atoms. The van der Waals surface area contributed by atoms with Gasteiger partial charge in [0.15, 0.2) is 0 Å². The number of nitrogens with zero attached hydrogens (tertiary/aromatic N) is 2. The number of rotatable bonds is 10. The van der Waals surface area contributed by atoms with Crippen LogP contribution in [0.2, 0.25) is 0 Å². The van der Waals surface area contributed by atoms with Crippen LogP contribution in [0.4, 0.5) is 5.69 Å². The summed E-state index contributed by atoms with van der Waals surface area (Å²) in [5.41, 5.74) is 11.1. The van der Waals surface area contributed by atoms with Crippen LogP contribution in [0.15, 0.2) is 53.6 Å². The fraction of sp³-hybridized carbons (Fsp3) is 0.300. The molecule has 0 heterocycles. The van der Waals surface area contributed by atoms with E-state index in [-0.39, 0.29) is 11.7 Å². The van der Waals surface area contributed by atoms with E-state index in [1.807, 2.05) is 24.3 Å². The molecular weight excluding hydrogens is 399 g/mol. The molecule has 0 saturated carbocycles. The average Bonchev–Trinajstić information content (AvgIpc) is 2.70. The monoisotopic (exact) mass is 422 g/mol. The number of phenols is 1. The van der Waals surface area contributed by atoms with Crippen LogP contribution in [0.25, 0.3) is 0 Å². The first-order chi connectivity index (χ1) is 13.5. The molecule has 0 radical (unpaired) electrons. The van der Waals surface area contributed by atoms with Gasteiger partial charge in [-0.1, -0.05) is 24.3 Å². The van der Waals surface area contributed by atoms with Crippen molar-refractivity contribution in [2.24, 2.45) is 10.8 Å². The Bertz CT molecular complexity index is 761. The van der Waals surface area contributed by atoms with E-state index in [1.54, 1.807) is 30.5 Å². The van der Waals surface area contributed by atoms with Crippen LogP contribution in [-0.4, -0.2) is 48.1 Å². The maximum absolute atomic E-state index is 12.1. The minimum absolute atomic E-state index is 0.172. The number of aromatic hydroxyl groups is 1. The molecule has 0 saturated heterocycles. The number of phenolic OH excluding ortho intramolecular Hbond substituents is 1. The molecule has 1 amide bonds. The molecule has 0 spiro atoms. The van der Waals surface area contributed by atoms with Crippen LogP contribution in [0.5, 0.6) is 5.75 Å². The molecule has 2 aromatic carbocycles. The van der Waals surface area contributed by atoms with Gasteiger partial charge in [0.1, 0.15) is 5.75 Å². The van der Waals surface area contributed by atoms with E-state index in [9.17, 15) is 9.90 Å². The molecule has 1 unspecified atom stereocenters. The number of hydrogen-bond donors (Lipinski definition) is 3. The number of alkyl halides is 2. The fourth-order valence-electron chi connectivity index (χ4n) is 2.58. The van der Waals surface area contributed by atoms with Crippen molar-refractivity contribution in [1.29, 1.82) is 0 Å². The summed E-state index contributed by atoms with van der Waals surface area (Å²) in [6.07, 6.45) is 1.91. The highest BCUT2D eigenvalue weighted by Crippen LogP contribution is 2.15. The predicted octanol–water partition coefficient (Wildman–Crippen LogP) is 2.70. The van der Waals surface area contributed by atoms with Crippen molar-refractivity contribution >= 4 is 41.0 Å². The Morgan fingerprint density at radius 2 is 1.71 bits per heavy atom. The zero-order valence-electron chi connectivity index (χ0n) is 15.4. The van der Waals surface area contributed by atoms with Gasteiger partial charge in [-0.05, 0) is 41.8 Å². The Balaban J connectivity index is 1.87. The third kappa shape index (κ3) is 7.03. The van der Waals surface area contributed by atoms with Crippen molar-refractivity contribution in [2.45, 2.75) is 12.5 Å². The van der Waals surface area contributed by atoms with Crippen LogP contribution in [-0.2, 0) is 11.2 Å². The SMILES string of the molecule is NC(Cc1ccc(O)cc1)C(=O)NN=Cc1ccc(N(CCCl)CCCl)cc1. The lowest BCUT2D eigenvalue weighted by Gasteiger charge is -2.22. The number of carbonyl (C=O) groups excluding carboxylic acids is 1. The van der Waals surface area contributed by atoms with Crippen molar-refractivity contribution in [3.05, 3.63) is 59.7 Å². The Hall–Kier alpha value is -2.28. The minimum atomic E-state index is -0.733. The van der Waals surface area contributed by atoms with Crippen molar-refractivity contribution in [1.82, 2.24) is 5.43 Å². The van der Waals surface area contributed by atoms with Gasteiger partial charge in [-0.3, -0.25) is 4.79 Å². The summed E-state index contributed by atoms with van der Waals surface area (Å²) in [5, 5.41) is 13.2. The van der Waals surface area contributed by atoms with Gasteiger partial charge in [-0.15, -0.1) is 23.2 Å². The van der Waals surface area contributed by atoms with E-state index < -0.39 is 6.04 Å². The van der Waals surface area contributed by atoms with E-state index in [4.69, 9.17) is 28.9 Å². The number of amides is 1. The molecule has 1 atom stereocenters. The van der Waals surface area contributed by atoms with E-state index in [2.05, 4.69) is 15.4 Å². The van der Waals surface area contributed by atoms with Crippen LogP contribution in [0, 0.1) is 0 Å². The van der Waals surface area contributed by atoms with Gasteiger partial charge in [0.05, 0.1) is 12.3 Å². The highest BCUT2D eigenvalue weighted by atomic mass is 35.5. The smallest absolute Gasteiger partial charge is 0.257 e. The van der Waals surface area contributed by atoms with Gasteiger partial charge in [0.25, 0.3) is 5.91 Å². The van der Waals surface area contributed by atoms with Gasteiger partial charge in [-0.25, -0.2) is 5.43 Å². The number of hydrogen-bond acceptors (Lipinski definition) is 5. The number of nitrogens with two attached hydrogens (primary N) is 1. The molecule has 0 bridgehead atoms. The van der Waals surface area contributed by atoms with Crippen LogP contribution < -0.4 is 16.1 Å². The molecule has 8 heteroatoms. The lowest BCUT2D eigenvalue weighted by molar-refractivity contribution is -0.122. The van der Waals surface area contributed by atoms with E-state index in [1.165, 1.54) is 0 Å². The Morgan fingerprint density at radius 3 is 2.29 bits per heavy atom. The molecule has 2 aromatic rings. The lowest BCUT2D eigenvalue weighted by Crippen LogP contribution is -2.39. The molecule has 0 fully saturated rings. The van der Waals surface area contributed by atoms with Gasteiger partial charge >= 0.3 is 0 Å². The number of nitrogens with one attached hydrogen (secondary N) is 1. The number of carbonyl (C=O) groups is 1. The van der Waals surface area contributed by atoms with Crippen molar-refractivity contribution in [2.75, 3.05) is 29.7 Å². The number of anilines is 1.